The highest BCUT2D eigenvalue weighted by Crippen LogP contribution is 2.21. The van der Waals surface area contributed by atoms with Crippen molar-refractivity contribution in [2.75, 3.05) is 25.1 Å². The van der Waals surface area contributed by atoms with Crippen LogP contribution in [0.1, 0.15) is 30.2 Å². The van der Waals surface area contributed by atoms with Crippen molar-refractivity contribution < 1.29 is 9.53 Å². The van der Waals surface area contributed by atoms with Gasteiger partial charge in [0, 0.05) is 19.3 Å². The molecule has 0 spiro atoms. The Morgan fingerprint density at radius 3 is 2.70 bits per heavy atom. The van der Waals surface area contributed by atoms with Gasteiger partial charge in [-0.25, -0.2) is 4.98 Å². The smallest absolute Gasteiger partial charge is 0.307 e. The van der Waals surface area contributed by atoms with Gasteiger partial charge in [0.2, 0.25) is 0 Å². The first-order chi connectivity index (χ1) is 9.36. The number of hydrogen-bond donors (Lipinski definition) is 1. The summed E-state index contributed by atoms with van der Waals surface area (Å²) >= 11 is 5.10. The Bertz CT molecular complexity index is 517. The van der Waals surface area contributed by atoms with Gasteiger partial charge in [-0.05, 0) is 32.4 Å². The van der Waals surface area contributed by atoms with Crippen LogP contribution < -0.4 is 10.6 Å². The number of rotatable bonds is 6. The summed E-state index contributed by atoms with van der Waals surface area (Å²) in [6.07, 6.45) is 0.301. The average Bonchev–Trinajstić information content (AvgIpc) is 2.34. The van der Waals surface area contributed by atoms with Gasteiger partial charge in [0.15, 0.2) is 0 Å². The first-order valence-electron chi connectivity index (χ1n) is 6.51. The van der Waals surface area contributed by atoms with Crippen molar-refractivity contribution in [2.24, 2.45) is 5.73 Å². The summed E-state index contributed by atoms with van der Waals surface area (Å²) in [6, 6.07) is 1.94. The molecule has 0 saturated heterocycles. The lowest BCUT2D eigenvalue weighted by Crippen LogP contribution is -2.27. The Morgan fingerprint density at radius 2 is 2.15 bits per heavy atom. The molecule has 1 rings (SSSR count). The van der Waals surface area contributed by atoms with E-state index in [9.17, 15) is 4.79 Å². The number of nitrogens with two attached hydrogens (primary N) is 1. The lowest BCUT2D eigenvalue weighted by Gasteiger charge is -2.22. The minimum Gasteiger partial charge on any atom is -0.466 e. The Kier molecular flexibility index (Phi) is 5.88. The monoisotopic (exact) mass is 295 g/mol. The molecule has 0 radical (unpaired) electrons. The first-order valence-corrected chi connectivity index (χ1v) is 6.92. The van der Waals surface area contributed by atoms with Gasteiger partial charge in [-0.15, -0.1) is 0 Å². The van der Waals surface area contributed by atoms with Crippen LogP contribution in [0.3, 0.4) is 0 Å². The van der Waals surface area contributed by atoms with Crippen molar-refractivity contribution in [3.63, 3.8) is 0 Å². The summed E-state index contributed by atoms with van der Waals surface area (Å²) in [6.45, 7) is 6.55. The number of pyridine rings is 1. The largest absolute Gasteiger partial charge is 0.466 e. The number of carbonyl (C=O) groups excluding carboxylic acids is 1. The number of aryl methyl sites for hydroxylation is 2. The fourth-order valence-corrected chi connectivity index (χ4v) is 2.25. The molecule has 0 fully saturated rings. The Morgan fingerprint density at radius 1 is 1.50 bits per heavy atom. The topological polar surface area (TPSA) is 68.5 Å². The number of hydrogen-bond acceptors (Lipinski definition) is 5. The third-order valence-corrected chi connectivity index (χ3v) is 3.09. The molecular weight excluding hydrogens is 274 g/mol. The van der Waals surface area contributed by atoms with Crippen molar-refractivity contribution >= 4 is 29.0 Å². The second kappa shape index (κ2) is 7.19. The maximum Gasteiger partial charge on any atom is 0.307 e. The number of ether oxygens (including phenoxy) is 1. The molecule has 0 aliphatic carbocycles. The van der Waals surface area contributed by atoms with Crippen LogP contribution in [0.25, 0.3) is 0 Å². The van der Waals surface area contributed by atoms with Gasteiger partial charge >= 0.3 is 5.97 Å². The summed E-state index contributed by atoms with van der Waals surface area (Å²) in [7, 11) is 1.86. The lowest BCUT2D eigenvalue weighted by molar-refractivity contribution is -0.142. The number of esters is 1. The second-order valence-electron chi connectivity index (χ2n) is 4.62. The molecule has 0 saturated carbocycles. The Labute approximate surface area is 125 Å². The van der Waals surface area contributed by atoms with Gasteiger partial charge in [0.1, 0.15) is 10.8 Å². The highest BCUT2D eigenvalue weighted by atomic mass is 32.1. The van der Waals surface area contributed by atoms with Crippen LogP contribution in [-0.4, -0.2) is 36.1 Å². The molecule has 1 aromatic rings. The molecule has 0 unspecified atom stereocenters. The van der Waals surface area contributed by atoms with E-state index in [1.807, 2.05) is 31.9 Å². The molecule has 1 aromatic heterocycles. The number of thiocarbonyl (C=S) groups is 1. The van der Waals surface area contributed by atoms with Crippen molar-refractivity contribution in [1.82, 2.24) is 4.98 Å². The van der Waals surface area contributed by atoms with Crippen molar-refractivity contribution in [3.05, 3.63) is 22.9 Å². The fraction of sp³-hybridized carbons (Fsp3) is 0.500. The van der Waals surface area contributed by atoms with Crippen molar-refractivity contribution in [3.8, 4) is 0 Å². The number of anilines is 1. The van der Waals surface area contributed by atoms with Crippen LogP contribution in [0.5, 0.6) is 0 Å². The Balaban J connectivity index is 2.94. The van der Waals surface area contributed by atoms with E-state index in [4.69, 9.17) is 22.7 Å². The zero-order valence-corrected chi connectivity index (χ0v) is 13.2. The van der Waals surface area contributed by atoms with E-state index in [0.717, 1.165) is 16.8 Å². The molecule has 0 aromatic carbocycles. The molecule has 110 valence electrons. The molecule has 0 atom stereocenters. The summed E-state index contributed by atoms with van der Waals surface area (Å²) < 4.78 is 4.92. The zero-order valence-electron chi connectivity index (χ0n) is 12.4. The molecule has 0 amide bonds. The fourth-order valence-electron chi connectivity index (χ4n) is 2.00. The highest BCUT2D eigenvalue weighted by Gasteiger charge is 2.16. The van der Waals surface area contributed by atoms with E-state index >= 15 is 0 Å². The number of aromatic nitrogens is 1. The van der Waals surface area contributed by atoms with Gasteiger partial charge in [0.05, 0.1) is 18.6 Å². The third kappa shape index (κ3) is 4.16. The predicted octanol–water partition coefficient (Wildman–Crippen LogP) is 1.72. The Hall–Kier alpha value is -1.69. The maximum atomic E-state index is 11.4. The minimum absolute atomic E-state index is 0.222. The molecule has 20 heavy (non-hydrogen) atoms. The quantitative estimate of drug-likeness (QED) is 0.636. The SMILES string of the molecule is CCOC(=O)CCN(C)c1nc(C)cc(C)c1C(N)=S. The van der Waals surface area contributed by atoms with Gasteiger partial charge in [-0.2, -0.15) is 0 Å². The number of carbonyl (C=O) groups is 1. The van der Waals surface area contributed by atoms with Crippen LogP contribution in [0.15, 0.2) is 6.07 Å². The van der Waals surface area contributed by atoms with Gasteiger partial charge in [0.25, 0.3) is 0 Å². The standard InChI is InChI=1S/C14H21N3O2S/c1-5-19-11(18)6-7-17(4)14-12(13(15)20)9(2)8-10(3)16-14/h8H,5-7H2,1-4H3,(H2,15,20). The first kappa shape index (κ1) is 16.4. The van der Waals surface area contributed by atoms with E-state index in [1.165, 1.54) is 0 Å². The summed E-state index contributed by atoms with van der Waals surface area (Å²) in [5.41, 5.74) is 8.42. The molecule has 2 N–H and O–H groups in total. The molecule has 1 heterocycles. The summed E-state index contributed by atoms with van der Waals surface area (Å²) in [5, 5.41) is 0. The normalized spacial score (nSPS) is 10.2. The van der Waals surface area contributed by atoms with Crippen LogP contribution >= 0.6 is 12.2 Å². The molecule has 0 aliphatic heterocycles. The lowest BCUT2D eigenvalue weighted by atomic mass is 10.1. The van der Waals surface area contributed by atoms with Crippen LogP contribution in [0.4, 0.5) is 5.82 Å². The maximum absolute atomic E-state index is 11.4. The second-order valence-corrected chi connectivity index (χ2v) is 5.06. The number of nitrogens with zero attached hydrogens (tertiary/aromatic N) is 2. The zero-order chi connectivity index (χ0) is 15.3. The predicted molar refractivity (Wildman–Crippen MR) is 84.1 cm³/mol. The van der Waals surface area contributed by atoms with E-state index in [2.05, 4.69) is 4.98 Å². The van der Waals surface area contributed by atoms with Crippen LogP contribution in [-0.2, 0) is 9.53 Å². The van der Waals surface area contributed by atoms with E-state index in [1.54, 1.807) is 6.92 Å². The van der Waals surface area contributed by atoms with Gasteiger partial charge in [-0.1, -0.05) is 12.2 Å². The van der Waals surface area contributed by atoms with Crippen LogP contribution in [0, 0.1) is 13.8 Å². The van der Waals surface area contributed by atoms with Crippen molar-refractivity contribution in [2.45, 2.75) is 27.2 Å². The van der Waals surface area contributed by atoms with E-state index < -0.39 is 0 Å². The molecule has 0 aliphatic rings. The summed E-state index contributed by atoms with van der Waals surface area (Å²) in [4.78, 5) is 18.1. The van der Waals surface area contributed by atoms with Gasteiger partial charge < -0.3 is 15.4 Å². The highest BCUT2D eigenvalue weighted by molar-refractivity contribution is 7.80. The molecule has 6 heteroatoms. The van der Waals surface area contributed by atoms with Crippen LogP contribution in [0.2, 0.25) is 0 Å². The van der Waals surface area contributed by atoms with Gasteiger partial charge in [-0.3, -0.25) is 4.79 Å². The molecule has 0 bridgehead atoms. The minimum atomic E-state index is -0.222. The summed E-state index contributed by atoms with van der Waals surface area (Å²) in [5.74, 6) is 0.486. The average molecular weight is 295 g/mol. The van der Waals surface area contributed by atoms with E-state index in [0.29, 0.717) is 30.4 Å². The molecule has 5 nitrogen and oxygen atoms in total. The van der Waals surface area contributed by atoms with E-state index in [-0.39, 0.29) is 5.97 Å². The molecular formula is C14H21N3O2S. The van der Waals surface area contributed by atoms with Crippen molar-refractivity contribution in [1.29, 1.82) is 0 Å². The third-order valence-electron chi connectivity index (χ3n) is 2.89.